The smallest absolute Gasteiger partial charge is 0.263 e. The average Bonchev–Trinajstić information content (AvgIpc) is 2.86. The maximum atomic E-state index is 12.4. The molecule has 6 heteroatoms. The van der Waals surface area contributed by atoms with Crippen LogP contribution in [0.25, 0.3) is 0 Å². The van der Waals surface area contributed by atoms with Gasteiger partial charge in [0.05, 0.1) is 0 Å². The molecule has 1 aromatic carbocycles. The van der Waals surface area contributed by atoms with Crippen LogP contribution < -0.4 is 10.5 Å². The van der Waals surface area contributed by atoms with Gasteiger partial charge >= 0.3 is 0 Å². The van der Waals surface area contributed by atoms with E-state index in [9.17, 15) is 8.42 Å². The first-order chi connectivity index (χ1) is 9.96. The highest BCUT2D eigenvalue weighted by atomic mass is 32.2. The minimum atomic E-state index is -3.58. The van der Waals surface area contributed by atoms with Gasteiger partial charge in [-0.1, -0.05) is 24.6 Å². The van der Waals surface area contributed by atoms with Crippen LogP contribution in [0.1, 0.15) is 24.6 Å². The molecule has 2 rings (SSSR count). The van der Waals surface area contributed by atoms with E-state index in [4.69, 9.17) is 5.73 Å². The summed E-state index contributed by atoms with van der Waals surface area (Å²) >= 11 is 0. The van der Waals surface area contributed by atoms with Gasteiger partial charge in [-0.2, -0.15) is 0 Å². The average molecular weight is 307 g/mol. The summed E-state index contributed by atoms with van der Waals surface area (Å²) in [5.74, 6) is 0. The number of rotatable bonds is 6. The van der Waals surface area contributed by atoms with Crippen LogP contribution >= 0.6 is 0 Å². The summed E-state index contributed by atoms with van der Waals surface area (Å²) in [4.78, 5) is 0.247. The van der Waals surface area contributed by atoms with Crippen LogP contribution in [0.4, 0.5) is 5.69 Å². The Labute approximate surface area is 125 Å². The van der Waals surface area contributed by atoms with Gasteiger partial charge in [-0.15, -0.1) is 0 Å². The summed E-state index contributed by atoms with van der Waals surface area (Å²) in [6.45, 7) is 5.07. The quantitative estimate of drug-likeness (QED) is 0.860. The van der Waals surface area contributed by atoms with Crippen molar-refractivity contribution in [3.05, 3.63) is 47.8 Å². The molecule has 0 spiro atoms. The first kappa shape index (κ1) is 15.6. The van der Waals surface area contributed by atoms with Gasteiger partial charge < -0.3 is 10.3 Å². The molecule has 0 radical (unpaired) electrons. The summed E-state index contributed by atoms with van der Waals surface area (Å²) in [6.07, 6.45) is 2.56. The van der Waals surface area contributed by atoms with Gasteiger partial charge in [-0.25, -0.2) is 8.42 Å². The molecule has 0 aliphatic rings. The van der Waals surface area contributed by atoms with E-state index in [1.807, 2.05) is 30.5 Å². The zero-order chi connectivity index (χ0) is 15.5. The summed E-state index contributed by atoms with van der Waals surface area (Å²) in [5, 5.41) is 0. The Kier molecular flexibility index (Phi) is 4.69. The second kappa shape index (κ2) is 6.32. The van der Waals surface area contributed by atoms with E-state index in [0.29, 0.717) is 12.2 Å². The van der Waals surface area contributed by atoms with E-state index < -0.39 is 10.0 Å². The number of nitrogens with one attached hydrogen (secondary N) is 1. The molecule has 1 aromatic heterocycles. The Bertz CT molecular complexity index is 703. The van der Waals surface area contributed by atoms with E-state index in [2.05, 4.69) is 4.72 Å². The van der Waals surface area contributed by atoms with Gasteiger partial charge in [0.2, 0.25) is 0 Å². The molecule has 0 saturated carbocycles. The van der Waals surface area contributed by atoms with Gasteiger partial charge in [-0.3, -0.25) is 4.72 Å². The molecule has 0 unspecified atom stereocenters. The first-order valence-electron chi connectivity index (χ1n) is 6.95. The summed E-state index contributed by atoms with van der Waals surface area (Å²) in [7, 11) is -3.58. The normalized spacial score (nSPS) is 11.6. The molecule has 0 amide bonds. The third kappa shape index (κ3) is 3.65. The number of nitrogens with zero attached hydrogens (tertiary/aromatic N) is 1. The summed E-state index contributed by atoms with van der Waals surface area (Å²) in [5.41, 5.74) is 8.13. The lowest BCUT2D eigenvalue weighted by molar-refractivity contribution is 0.600. The van der Waals surface area contributed by atoms with Crippen LogP contribution in [-0.4, -0.2) is 13.0 Å². The molecule has 5 nitrogen and oxygen atoms in total. The molecule has 1 heterocycles. The SMILES string of the molecule is CCCn1cc(S(=O)(=O)Nc2ccc(C)cc2)cc1CN. The maximum Gasteiger partial charge on any atom is 0.263 e. The molecule has 0 aliphatic heterocycles. The molecular formula is C15H21N3O2S. The lowest BCUT2D eigenvalue weighted by Crippen LogP contribution is -2.12. The van der Waals surface area contributed by atoms with E-state index >= 15 is 0 Å². The fraction of sp³-hybridized carbons (Fsp3) is 0.333. The van der Waals surface area contributed by atoms with Gasteiger partial charge in [0.1, 0.15) is 4.90 Å². The van der Waals surface area contributed by atoms with Crippen molar-refractivity contribution >= 4 is 15.7 Å². The van der Waals surface area contributed by atoms with Crippen LogP contribution in [0.5, 0.6) is 0 Å². The number of nitrogens with two attached hydrogens (primary N) is 1. The Morgan fingerprint density at radius 2 is 1.90 bits per heavy atom. The minimum absolute atomic E-state index is 0.247. The number of aromatic nitrogens is 1. The van der Waals surface area contributed by atoms with Crippen LogP contribution in [0.3, 0.4) is 0 Å². The van der Waals surface area contributed by atoms with E-state index in [-0.39, 0.29) is 4.90 Å². The maximum absolute atomic E-state index is 12.4. The highest BCUT2D eigenvalue weighted by Crippen LogP contribution is 2.19. The largest absolute Gasteiger partial charge is 0.349 e. The Morgan fingerprint density at radius 3 is 2.48 bits per heavy atom. The predicted octanol–water partition coefficient (Wildman–Crippen LogP) is 2.47. The molecule has 0 atom stereocenters. The molecule has 114 valence electrons. The van der Waals surface area contributed by atoms with Crippen molar-refractivity contribution in [3.8, 4) is 0 Å². The van der Waals surface area contributed by atoms with Gasteiger partial charge in [-0.05, 0) is 31.5 Å². The molecule has 3 N–H and O–H groups in total. The van der Waals surface area contributed by atoms with Gasteiger partial charge in [0, 0.05) is 30.7 Å². The van der Waals surface area contributed by atoms with Crippen molar-refractivity contribution in [1.82, 2.24) is 4.57 Å². The van der Waals surface area contributed by atoms with Gasteiger partial charge in [0.25, 0.3) is 10.0 Å². The third-order valence-electron chi connectivity index (χ3n) is 3.25. The van der Waals surface area contributed by atoms with Crippen LogP contribution in [0.2, 0.25) is 0 Å². The molecule has 21 heavy (non-hydrogen) atoms. The molecular weight excluding hydrogens is 286 g/mol. The second-order valence-electron chi connectivity index (χ2n) is 5.04. The Balaban J connectivity index is 2.28. The zero-order valence-corrected chi connectivity index (χ0v) is 13.2. The first-order valence-corrected chi connectivity index (χ1v) is 8.43. The van der Waals surface area contributed by atoms with Crippen molar-refractivity contribution in [2.24, 2.45) is 5.73 Å². The van der Waals surface area contributed by atoms with Crippen molar-refractivity contribution in [2.45, 2.75) is 38.3 Å². The number of hydrogen-bond acceptors (Lipinski definition) is 3. The van der Waals surface area contributed by atoms with Crippen LogP contribution in [0, 0.1) is 6.92 Å². The number of aryl methyl sites for hydroxylation is 2. The van der Waals surface area contributed by atoms with Crippen LogP contribution in [-0.2, 0) is 23.1 Å². The van der Waals surface area contributed by atoms with E-state index in [1.54, 1.807) is 24.4 Å². The van der Waals surface area contributed by atoms with E-state index in [1.165, 1.54) is 0 Å². The molecule has 0 bridgehead atoms. The molecule has 0 fully saturated rings. The lowest BCUT2D eigenvalue weighted by Gasteiger charge is -2.06. The minimum Gasteiger partial charge on any atom is -0.349 e. The highest BCUT2D eigenvalue weighted by molar-refractivity contribution is 7.92. The number of sulfonamides is 1. The number of benzene rings is 1. The Hall–Kier alpha value is -1.79. The Morgan fingerprint density at radius 1 is 1.24 bits per heavy atom. The summed E-state index contributed by atoms with van der Waals surface area (Å²) < 4.78 is 29.3. The fourth-order valence-electron chi connectivity index (χ4n) is 2.13. The predicted molar refractivity (Wildman–Crippen MR) is 84.6 cm³/mol. The zero-order valence-electron chi connectivity index (χ0n) is 12.3. The number of hydrogen-bond donors (Lipinski definition) is 2. The lowest BCUT2D eigenvalue weighted by atomic mass is 10.2. The standard InChI is InChI=1S/C15H21N3O2S/c1-3-8-18-11-15(9-14(18)10-16)21(19,20)17-13-6-4-12(2)5-7-13/h4-7,9,11,17H,3,8,10,16H2,1-2H3. The highest BCUT2D eigenvalue weighted by Gasteiger charge is 2.18. The van der Waals surface area contributed by atoms with Gasteiger partial charge in [0.15, 0.2) is 0 Å². The fourth-order valence-corrected chi connectivity index (χ4v) is 3.25. The molecule has 0 saturated heterocycles. The second-order valence-corrected chi connectivity index (χ2v) is 6.72. The topological polar surface area (TPSA) is 77.1 Å². The van der Waals surface area contributed by atoms with Crippen molar-refractivity contribution in [2.75, 3.05) is 4.72 Å². The molecule has 2 aromatic rings. The van der Waals surface area contributed by atoms with Crippen LogP contribution in [0.15, 0.2) is 41.4 Å². The third-order valence-corrected chi connectivity index (χ3v) is 4.60. The monoisotopic (exact) mass is 307 g/mol. The molecule has 0 aliphatic carbocycles. The van der Waals surface area contributed by atoms with Crippen molar-refractivity contribution < 1.29 is 8.42 Å². The van der Waals surface area contributed by atoms with Crippen molar-refractivity contribution in [1.29, 1.82) is 0 Å². The van der Waals surface area contributed by atoms with Crippen molar-refractivity contribution in [3.63, 3.8) is 0 Å². The van der Waals surface area contributed by atoms with E-state index in [0.717, 1.165) is 24.2 Å². The summed E-state index contributed by atoms with van der Waals surface area (Å²) in [6, 6.07) is 8.86. The number of anilines is 1.